The Morgan fingerprint density at radius 1 is 1.21 bits per heavy atom. The van der Waals surface area contributed by atoms with E-state index in [-0.39, 0.29) is 0 Å². The van der Waals surface area contributed by atoms with Gasteiger partial charge in [-0.3, -0.25) is 16.3 Å². The summed E-state index contributed by atoms with van der Waals surface area (Å²) in [5, 5.41) is 0. The number of nitrogens with zero attached hydrogens (tertiary/aromatic N) is 1. The first kappa shape index (κ1) is 14.5. The lowest BCUT2D eigenvalue weighted by atomic mass is 9.73. The summed E-state index contributed by atoms with van der Waals surface area (Å²) in [6.45, 7) is 4.75. The molecule has 0 amide bonds. The van der Waals surface area contributed by atoms with Crippen LogP contribution in [0.3, 0.4) is 0 Å². The molecule has 0 bridgehead atoms. The van der Waals surface area contributed by atoms with Crippen LogP contribution >= 0.6 is 0 Å². The lowest BCUT2D eigenvalue weighted by molar-refractivity contribution is 0.171. The summed E-state index contributed by atoms with van der Waals surface area (Å²) in [5.74, 6) is 8.20. The monoisotopic (exact) mass is 261 g/mol. The molecule has 3 nitrogen and oxygen atoms in total. The number of aryl methyl sites for hydroxylation is 1. The predicted octanol–water partition coefficient (Wildman–Crippen LogP) is 2.92. The van der Waals surface area contributed by atoms with Crippen LogP contribution in [0.5, 0.6) is 0 Å². The molecule has 19 heavy (non-hydrogen) atoms. The van der Waals surface area contributed by atoms with Crippen molar-refractivity contribution in [1.29, 1.82) is 0 Å². The molecule has 3 N–H and O–H groups in total. The van der Waals surface area contributed by atoms with Crippen LogP contribution in [0.2, 0.25) is 0 Å². The summed E-state index contributed by atoms with van der Waals surface area (Å²) in [4.78, 5) is 4.06. The van der Waals surface area contributed by atoms with Crippen molar-refractivity contribution in [2.45, 2.75) is 52.0 Å². The average Bonchev–Trinajstić information content (AvgIpc) is 2.39. The van der Waals surface area contributed by atoms with E-state index in [2.05, 4.69) is 36.4 Å². The maximum atomic E-state index is 5.80. The van der Waals surface area contributed by atoms with E-state index in [1.54, 1.807) is 0 Å². The highest BCUT2D eigenvalue weighted by atomic mass is 15.2. The predicted molar refractivity (Wildman–Crippen MR) is 79.3 cm³/mol. The Kier molecular flexibility index (Phi) is 5.34. The Morgan fingerprint density at radius 3 is 2.42 bits per heavy atom. The second-order valence-corrected chi connectivity index (χ2v) is 6.34. The number of nitrogens with two attached hydrogens (primary N) is 1. The van der Waals surface area contributed by atoms with Crippen molar-refractivity contribution in [3.63, 3.8) is 0 Å². The van der Waals surface area contributed by atoms with Gasteiger partial charge in [0, 0.05) is 18.4 Å². The smallest absolute Gasteiger partial charge is 0.0270 e. The highest BCUT2D eigenvalue weighted by Crippen LogP contribution is 2.35. The quantitative estimate of drug-likeness (QED) is 0.633. The number of nitrogens with one attached hydrogen (secondary N) is 1. The lowest BCUT2D eigenvalue weighted by Gasteiger charge is -2.36. The fourth-order valence-electron chi connectivity index (χ4n) is 3.66. The van der Waals surface area contributed by atoms with Crippen molar-refractivity contribution in [1.82, 2.24) is 10.4 Å². The van der Waals surface area contributed by atoms with Gasteiger partial charge in [0.15, 0.2) is 0 Å². The van der Waals surface area contributed by atoms with Gasteiger partial charge in [-0.25, -0.2) is 0 Å². The third-order valence-electron chi connectivity index (χ3n) is 4.49. The normalized spacial score (nSPS) is 29.1. The van der Waals surface area contributed by atoms with E-state index in [0.717, 1.165) is 30.6 Å². The molecule has 0 saturated heterocycles. The molecule has 106 valence electrons. The minimum absolute atomic E-state index is 0.443. The zero-order valence-corrected chi connectivity index (χ0v) is 12.2. The Morgan fingerprint density at radius 2 is 1.84 bits per heavy atom. The Bertz CT molecular complexity index is 356. The van der Waals surface area contributed by atoms with Gasteiger partial charge in [0.1, 0.15) is 0 Å². The number of hydrogen-bond acceptors (Lipinski definition) is 3. The van der Waals surface area contributed by atoms with Crippen LogP contribution in [0, 0.1) is 17.8 Å². The molecular weight excluding hydrogens is 234 g/mol. The van der Waals surface area contributed by atoms with Gasteiger partial charge in [0.05, 0.1) is 0 Å². The maximum Gasteiger partial charge on any atom is 0.0270 e. The molecule has 3 atom stereocenters. The van der Waals surface area contributed by atoms with Crippen molar-refractivity contribution in [3.05, 3.63) is 30.1 Å². The Labute approximate surface area is 117 Å². The molecule has 3 unspecified atom stereocenters. The highest BCUT2D eigenvalue weighted by Gasteiger charge is 2.29. The molecule has 1 aliphatic rings. The average molecular weight is 261 g/mol. The van der Waals surface area contributed by atoms with Crippen LogP contribution in [0.25, 0.3) is 0 Å². The number of hydrazine groups is 1. The largest absolute Gasteiger partial charge is 0.271 e. The van der Waals surface area contributed by atoms with Crippen molar-refractivity contribution in [2.24, 2.45) is 23.6 Å². The van der Waals surface area contributed by atoms with Gasteiger partial charge in [0.25, 0.3) is 0 Å². The van der Waals surface area contributed by atoms with Gasteiger partial charge in [-0.1, -0.05) is 13.8 Å². The minimum atomic E-state index is 0.443. The number of aromatic nitrogens is 1. The third kappa shape index (κ3) is 4.29. The number of hydrogen-bond donors (Lipinski definition) is 2. The fraction of sp³-hybridized carbons (Fsp3) is 0.688. The van der Waals surface area contributed by atoms with Crippen molar-refractivity contribution < 1.29 is 0 Å². The van der Waals surface area contributed by atoms with Gasteiger partial charge >= 0.3 is 0 Å². The molecule has 0 spiro atoms. The molecule has 1 saturated carbocycles. The summed E-state index contributed by atoms with van der Waals surface area (Å²) in [5.41, 5.74) is 4.42. The van der Waals surface area contributed by atoms with Crippen LogP contribution in [0.15, 0.2) is 24.5 Å². The first-order chi connectivity index (χ1) is 9.19. The summed E-state index contributed by atoms with van der Waals surface area (Å²) >= 11 is 0. The molecule has 0 radical (unpaired) electrons. The number of pyridine rings is 1. The highest BCUT2D eigenvalue weighted by molar-refractivity contribution is 5.10. The van der Waals surface area contributed by atoms with Gasteiger partial charge in [-0.2, -0.15) is 0 Å². The topological polar surface area (TPSA) is 50.9 Å². The van der Waals surface area contributed by atoms with E-state index in [1.807, 2.05) is 12.4 Å². The zero-order chi connectivity index (χ0) is 13.7. The Balaban J connectivity index is 1.89. The van der Waals surface area contributed by atoms with Crippen LogP contribution < -0.4 is 11.3 Å². The molecule has 1 fully saturated rings. The second-order valence-electron chi connectivity index (χ2n) is 6.34. The molecule has 1 aromatic rings. The molecular formula is C16H27N3. The summed E-state index contributed by atoms with van der Waals surface area (Å²) in [6, 6.07) is 4.64. The van der Waals surface area contributed by atoms with Crippen molar-refractivity contribution >= 4 is 0 Å². The van der Waals surface area contributed by atoms with Gasteiger partial charge in [0.2, 0.25) is 0 Å². The molecule has 0 aliphatic heterocycles. The minimum Gasteiger partial charge on any atom is -0.271 e. The second kappa shape index (κ2) is 7.01. The standard InChI is InChI=1S/C16H27N3/c1-12-9-13(2)11-15(10-12)16(19-17)4-3-14-5-7-18-8-6-14/h5-8,12-13,15-16,19H,3-4,9-11,17H2,1-2H3. The van der Waals surface area contributed by atoms with Gasteiger partial charge in [-0.15, -0.1) is 0 Å². The molecule has 3 heteroatoms. The molecule has 1 aliphatic carbocycles. The summed E-state index contributed by atoms with van der Waals surface area (Å²) < 4.78 is 0. The summed E-state index contributed by atoms with van der Waals surface area (Å²) in [6.07, 6.45) is 9.93. The van der Waals surface area contributed by atoms with Crippen LogP contribution in [0.4, 0.5) is 0 Å². The SMILES string of the molecule is CC1CC(C)CC(C(CCc2ccncc2)NN)C1. The molecule has 1 heterocycles. The first-order valence-corrected chi connectivity index (χ1v) is 7.54. The Hall–Kier alpha value is -0.930. The van der Waals surface area contributed by atoms with E-state index in [9.17, 15) is 0 Å². The van der Waals surface area contributed by atoms with E-state index in [4.69, 9.17) is 5.84 Å². The van der Waals surface area contributed by atoms with Crippen molar-refractivity contribution in [2.75, 3.05) is 0 Å². The van der Waals surface area contributed by atoms with E-state index in [1.165, 1.54) is 24.8 Å². The van der Waals surface area contributed by atoms with E-state index in [0.29, 0.717) is 6.04 Å². The first-order valence-electron chi connectivity index (χ1n) is 7.54. The third-order valence-corrected chi connectivity index (χ3v) is 4.49. The lowest BCUT2D eigenvalue weighted by Crippen LogP contribution is -2.43. The fourth-order valence-corrected chi connectivity index (χ4v) is 3.66. The maximum absolute atomic E-state index is 5.80. The van der Waals surface area contributed by atoms with Crippen molar-refractivity contribution in [3.8, 4) is 0 Å². The molecule has 1 aromatic heterocycles. The van der Waals surface area contributed by atoms with Gasteiger partial charge < -0.3 is 0 Å². The molecule has 0 aromatic carbocycles. The number of rotatable bonds is 5. The van der Waals surface area contributed by atoms with E-state index < -0.39 is 0 Å². The van der Waals surface area contributed by atoms with Crippen LogP contribution in [-0.4, -0.2) is 11.0 Å². The molecule has 2 rings (SSSR count). The zero-order valence-electron chi connectivity index (χ0n) is 12.2. The van der Waals surface area contributed by atoms with E-state index >= 15 is 0 Å². The van der Waals surface area contributed by atoms with Gasteiger partial charge in [-0.05, 0) is 67.6 Å². The van der Waals surface area contributed by atoms with Crippen LogP contribution in [-0.2, 0) is 6.42 Å². The van der Waals surface area contributed by atoms with Crippen LogP contribution in [0.1, 0.15) is 45.1 Å². The summed E-state index contributed by atoms with van der Waals surface area (Å²) in [7, 11) is 0.